The smallest absolute Gasteiger partial charge is 0.170 e. The van der Waals surface area contributed by atoms with E-state index in [1.807, 2.05) is 0 Å². The average molecular weight is 206 g/mol. The minimum Gasteiger partial charge on any atom is -0.170 e. The summed E-state index contributed by atoms with van der Waals surface area (Å²) < 4.78 is 70.7. The molecule has 78 valence electrons. The molecule has 0 rings (SSSR count). The van der Waals surface area contributed by atoms with Crippen LogP contribution in [0.1, 0.15) is 13.3 Å². The van der Waals surface area contributed by atoms with Gasteiger partial charge in [-0.25, -0.2) is 0 Å². The Morgan fingerprint density at radius 3 is 1.62 bits per heavy atom. The summed E-state index contributed by atoms with van der Waals surface area (Å²) in [6.07, 6.45) is -9.49. The summed E-state index contributed by atoms with van der Waals surface area (Å²) >= 11 is 0. The molecule has 0 aromatic carbocycles. The maximum Gasteiger partial charge on any atom is 0.400 e. The number of halogens is 6. The monoisotopic (exact) mass is 206 g/mol. The number of hydrogen-bond donors (Lipinski definition) is 0. The van der Waals surface area contributed by atoms with Gasteiger partial charge in [-0.3, -0.25) is 0 Å². The van der Waals surface area contributed by atoms with E-state index in [9.17, 15) is 26.3 Å². The van der Waals surface area contributed by atoms with E-state index in [0.29, 0.717) is 0 Å². The van der Waals surface area contributed by atoms with Crippen molar-refractivity contribution in [3.8, 4) is 0 Å². The Labute approximate surface area is 71.2 Å². The van der Waals surface area contributed by atoms with E-state index in [1.165, 1.54) is 6.92 Å². The first-order chi connectivity index (χ1) is 5.69. The molecule has 6 heteroatoms. The van der Waals surface area contributed by atoms with Gasteiger partial charge in [-0.1, -0.05) is 12.2 Å². The number of hydrogen-bond acceptors (Lipinski definition) is 0. The van der Waals surface area contributed by atoms with Crippen molar-refractivity contribution in [3.63, 3.8) is 0 Å². The van der Waals surface area contributed by atoms with Gasteiger partial charge in [0.15, 0.2) is 5.92 Å². The largest absolute Gasteiger partial charge is 0.400 e. The fraction of sp³-hybridized carbons (Fsp3) is 0.714. The zero-order valence-corrected chi connectivity index (χ0v) is 6.71. The first kappa shape index (κ1) is 12.3. The lowest BCUT2D eigenvalue weighted by atomic mass is 10.0. The number of rotatable bonds is 2. The molecule has 0 aliphatic heterocycles. The Morgan fingerprint density at radius 2 is 1.38 bits per heavy atom. The molecular formula is C7H8F6. The van der Waals surface area contributed by atoms with Crippen molar-refractivity contribution in [2.75, 3.05) is 0 Å². The SMILES string of the molecule is C/C=C/CC(C(F)(F)F)C(F)(F)F. The number of alkyl halides is 6. The molecule has 0 fully saturated rings. The minimum absolute atomic E-state index is 0.853. The number of allylic oxidation sites excluding steroid dienone is 2. The summed E-state index contributed by atoms with van der Waals surface area (Å²) in [6.45, 7) is 1.36. The van der Waals surface area contributed by atoms with Crippen molar-refractivity contribution < 1.29 is 26.3 Å². The predicted molar refractivity (Wildman–Crippen MR) is 35.0 cm³/mol. The Kier molecular flexibility index (Phi) is 3.81. The molecule has 0 aliphatic carbocycles. The van der Waals surface area contributed by atoms with Gasteiger partial charge in [0.2, 0.25) is 0 Å². The van der Waals surface area contributed by atoms with Gasteiger partial charge >= 0.3 is 12.4 Å². The van der Waals surface area contributed by atoms with E-state index in [-0.39, 0.29) is 0 Å². The van der Waals surface area contributed by atoms with Crippen molar-refractivity contribution in [1.82, 2.24) is 0 Å². The van der Waals surface area contributed by atoms with E-state index in [1.54, 1.807) is 0 Å². The summed E-state index contributed by atoms with van der Waals surface area (Å²) in [5.41, 5.74) is 0. The quantitative estimate of drug-likeness (QED) is 0.477. The summed E-state index contributed by atoms with van der Waals surface area (Å²) in [4.78, 5) is 0. The second kappa shape index (κ2) is 4.02. The van der Waals surface area contributed by atoms with Gasteiger partial charge < -0.3 is 0 Å². The molecule has 0 unspecified atom stereocenters. The maximum absolute atomic E-state index is 11.8. The normalized spacial score (nSPS) is 14.5. The molecule has 0 heterocycles. The summed E-state index contributed by atoms with van der Waals surface area (Å²) in [5.74, 6) is -3.25. The van der Waals surface area contributed by atoms with Crippen LogP contribution in [-0.2, 0) is 0 Å². The summed E-state index contributed by atoms with van der Waals surface area (Å²) in [6, 6.07) is 0. The molecule has 0 N–H and O–H groups in total. The van der Waals surface area contributed by atoms with Crippen molar-refractivity contribution in [2.24, 2.45) is 5.92 Å². The van der Waals surface area contributed by atoms with Crippen LogP contribution in [-0.4, -0.2) is 12.4 Å². The Bertz CT molecular complexity index is 160. The Morgan fingerprint density at radius 1 is 1.00 bits per heavy atom. The third kappa shape index (κ3) is 4.19. The zero-order chi connectivity index (χ0) is 10.7. The van der Waals surface area contributed by atoms with E-state index in [4.69, 9.17) is 0 Å². The molecule has 0 saturated heterocycles. The third-order valence-corrected chi connectivity index (χ3v) is 1.40. The maximum atomic E-state index is 11.8. The molecule has 0 aliphatic rings. The molecule has 0 amide bonds. The average Bonchev–Trinajstić information content (AvgIpc) is 1.81. The molecule has 0 atom stereocenters. The molecule has 0 radical (unpaired) electrons. The highest BCUT2D eigenvalue weighted by atomic mass is 19.4. The molecule has 0 nitrogen and oxygen atoms in total. The highest BCUT2D eigenvalue weighted by molar-refractivity contribution is 4.86. The van der Waals surface area contributed by atoms with Gasteiger partial charge in [0, 0.05) is 0 Å². The van der Waals surface area contributed by atoms with Crippen LogP contribution in [0, 0.1) is 5.92 Å². The zero-order valence-electron chi connectivity index (χ0n) is 6.71. The van der Waals surface area contributed by atoms with Crippen molar-refractivity contribution in [1.29, 1.82) is 0 Å². The second-order valence-electron chi connectivity index (χ2n) is 2.44. The van der Waals surface area contributed by atoms with Crippen LogP contribution in [0.5, 0.6) is 0 Å². The summed E-state index contributed by atoms with van der Waals surface area (Å²) in [5, 5.41) is 0. The van der Waals surface area contributed by atoms with E-state index in [2.05, 4.69) is 0 Å². The first-order valence-electron chi connectivity index (χ1n) is 3.44. The van der Waals surface area contributed by atoms with Gasteiger partial charge in [0.1, 0.15) is 0 Å². The second-order valence-corrected chi connectivity index (χ2v) is 2.44. The van der Waals surface area contributed by atoms with Crippen molar-refractivity contribution >= 4 is 0 Å². The Balaban J connectivity index is 4.57. The van der Waals surface area contributed by atoms with E-state index in [0.717, 1.165) is 12.2 Å². The van der Waals surface area contributed by atoms with Gasteiger partial charge in [-0.2, -0.15) is 26.3 Å². The van der Waals surface area contributed by atoms with Crippen LogP contribution in [0.4, 0.5) is 26.3 Å². The fourth-order valence-corrected chi connectivity index (χ4v) is 0.725. The fourth-order valence-electron chi connectivity index (χ4n) is 0.725. The molecule has 0 spiro atoms. The Hall–Kier alpha value is -0.680. The van der Waals surface area contributed by atoms with E-state index < -0.39 is 24.7 Å². The predicted octanol–water partition coefficient (Wildman–Crippen LogP) is 3.69. The molecule has 0 saturated carbocycles. The highest BCUT2D eigenvalue weighted by Gasteiger charge is 2.55. The molecule has 13 heavy (non-hydrogen) atoms. The van der Waals surface area contributed by atoms with Gasteiger partial charge in [-0.15, -0.1) is 0 Å². The standard InChI is InChI=1S/C7H8F6/c1-2-3-4-5(6(8,9)10)7(11,12)13/h2-3,5H,4H2,1H3/b3-2+. The van der Waals surface area contributed by atoms with Crippen molar-refractivity contribution in [2.45, 2.75) is 25.7 Å². The lowest BCUT2D eigenvalue weighted by Crippen LogP contribution is -2.35. The lowest BCUT2D eigenvalue weighted by molar-refractivity contribution is -0.282. The first-order valence-corrected chi connectivity index (χ1v) is 3.44. The summed E-state index contributed by atoms with van der Waals surface area (Å²) in [7, 11) is 0. The van der Waals surface area contributed by atoms with Gasteiger partial charge in [0.05, 0.1) is 0 Å². The highest BCUT2D eigenvalue weighted by Crippen LogP contribution is 2.41. The molecule has 0 bridgehead atoms. The van der Waals surface area contributed by atoms with Crippen LogP contribution >= 0.6 is 0 Å². The third-order valence-electron chi connectivity index (χ3n) is 1.40. The lowest BCUT2D eigenvalue weighted by Gasteiger charge is -2.21. The topological polar surface area (TPSA) is 0 Å². The van der Waals surface area contributed by atoms with Crippen LogP contribution < -0.4 is 0 Å². The molecular weight excluding hydrogens is 198 g/mol. The van der Waals surface area contributed by atoms with E-state index >= 15 is 0 Å². The van der Waals surface area contributed by atoms with Crippen LogP contribution in [0.15, 0.2) is 12.2 Å². The van der Waals surface area contributed by atoms with Gasteiger partial charge in [-0.05, 0) is 13.3 Å². The van der Waals surface area contributed by atoms with Crippen LogP contribution in [0.2, 0.25) is 0 Å². The molecule has 0 aromatic rings. The van der Waals surface area contributed by atoms with Gasteiger partial charge in [0.25, 0.3) is 0 Å². The molecule has 0 aromatic heterocycles. The minimum atomic E-state index is -5.22. The van der Waals surface area contributed by atoms with Crippen LogP contribution in [0.3, 0.4) is 0 Å². The van der Waals surface area contributed by atoms with Crippen molar-refractivity contribution in [3.05, 3.63) is 12.2 Å². The van der Waals surface area contributed by atoms with Crippen LogP contribution in [0.25, 0.3) is 0 Å².